The zero-order valence-electron chi connectivity index (χ0n) is 15.9. The number of carbonyl (C=O) groups is 1. The lowest BCUT2D eigenvalue weighted by Crippen LogP contribution is -2.26. The summed E-state index contributed by atoms with van der Waals surface area (Å²) in [5, 5.41) is 1.02. The highest BCUT2D eigenvalue weighted by Crippen LogP contribution is 2.38. The van der Waals surface area contributed by atoms with Crippen molar-refractivity contribution in [2.75, 3.05) is 7.11 Å². The molecule has 1 saturated carbocycles. The lowest BCUT2D eigenvalue weighted by molar-refractivity contribution is -0.0472. The number of carbonyl (C=O) groups excluding carboxylic acids is 1. The summed E-state index contributed by atoms with van der Waals surface area (Å²) in [5.41, 5.74) is 1.62. The Bertz CT molecular complexity index is 998. The number of aromatic nitrogens is 2. The highest BCUT2D eigenvalue weighted by molar-refractivity contribution is 7.20. The average Bonchev–Trinajstić information content (AvgIpc) is 3.21. The van der Waals surface area contributed by atoms with Crippen LogP contribution in [0.4, 0.5) is 8.78 Å². The van der Waals surface area contributed by atoms with Crippen molar-refractivity contribution in [3.63, 3.8) is 0 Å². The monoisotopic (exact) mass is 404 g/mol. The molecule has 0 aromatic carbocycles. The van der Waals surface area contributed by atoms with Crippen LogP contribution >= 0.6 is 11.3 Å². The van der Waals surface area contributed by atoms with E-state index >= 15 is 0 Å². The van der Waals surface area contributed by atoms with Crippen LogP contribution in [0.15, 0.2) is 30.5 Å². The van der Waals surface area contributed by atoms with Crippen LogP contribution in [-0.2, 0) is 6.54 Å². The number of pyridine rings is 1. The number of hydrogen-bond acceptors (Lipinski definition) is 4. The first kappa shape index (κ1) is 19.1. The fraction of sp³-hybridized carbons (Fsp3) is 0.429. The van der Waals surface area contributed by atoms with Crippen LogP contribution in [0.1, 0.15) is 46.6 Å². The minimum Gasteiger partial charge on any atom is -0.481 e. The van der Waals surface area contributed by atoms with Crippen LogP contribution in [-0.4, -0.2) is 28.4 Å². The summed E-state index contributed by atoms with van der Waals surface area (Å²) in [5.74, 6) is -1.86. The van der Waals surface area contributed by atoms with E-state index in [1.54, 1.807) is 12.1 Å². The summed E-state index contributed by atoms with van der Waals surface area (Å²) in [7, 11) is 1.53. The molecule has 0 N–H and O–H groups in total. The lowest BCUT2D eigenvalue weighted by Gasteiger charge is -2.28. The first-order valence-electron chi connectivity index (χ1n) is 9.38. The lowest BCUT2D eigenvalue weighted by atomic mass is 9.87. The van der Waals surface area contributed by atoms with Crippen molar-refractivity contribution in [3.05, 3.63) is 46.6 Å². The fourth-order valence-corrected chi connectivity index (χ4v) is 5.00. The minimum absolute atomic E-state index is 0.0280. The van der Waals surface area contributed by atoms with Crippen molar-refractivity contribution < 1.29 is 18.3 Å². The van der Waals surface area contributed by atoms with E-state index in [9.17, 15) is 13.6 Å². The maximum Gasteiger partial charge on any atom is 0.248 e. The number of aryl methyl sites for hydroxylation is 1. The van der Waals surface area contributed by atoms with E-state index in [1.165, 1.54) is 24.6 Å². The summed E-state index contributed by atoms with van der Waals surface area (Å²) in [4.78, 5) is 18.6. The van der Waals surface area contributed by atoms with Crippen molar-refractivity contribution in [2.45, 2.75) is 45.1 Å². The third-order valence-electron chi connectivity index (χ3n) is 5.48. The molecule has 7 heteroatoms. The Kier molecular flexibility index (Phi) is 4.95. The van der Waals surface area contributed by atoms with E-state index < -0.39 is 5.92 Å². The zero-order valence-corrected chi connectivity index (χ0v) is 16.7. The van der Waals surface area contributed by atoms with Crippen LogP contribution in [0.5, 0.6) is 5.88 Å². The molecule has 1 fully saturated rings. The average molecular weight is 404 g/mol. The molecular weight excluding hydrogens is 382 g/mol. The van der Waals surface area contributed by atoms with E-state index in [-0.39, 0.29) is 24.5 Å². The molecule has 3 aromatic heterocycles. The molecule has 0 saturated heterocycles. The topological polar surface area (TPSA) is 44.1 Å². The van der Waals surface area contributed by atoms with Crippen LogP contribution in [0.3, 0.4) is 0 Å². The third kappa shape index (κ3) is 3.68. The number of halogens is 2. The molecular formula is C21H22F2N2O2S. The quantitative estimate of drug-likeness (QED) is 0.530. The second-order valence-corrected chi connectivity index (χ2v) is 8.52. The van der Waals surface area contributed by atoms with Gasteiger partial charge in [-0.2, -0.15) is 0 Å². The van der Waals surface area contributed by atoms with Gasteiger partial charge in [0.05, 0.1) is 12.0 Å². The van der Waals surface area contributed by atoms with Gasteiger partial charge in [0.25, 0.3) is 0 Å². The predicted octanol–water partition coefficient (Wildman–Crippen LogP) is 5.47. The van der Waals surface area contributed by atoms with Crippen molar-refractivity contribution in [1.29, 1.82) is 0 Å². The number of nitrogens with zero attached hydrogens (tertiary/aromatic N) is 2. The van der Waals surface area contributed by atoms with E-state index in [1.807, 2.05) is 13.0 Å². The van der Waals surface area contributed by atoms with E-state index in [4.69, 9.17) is 4.74 Å². The Morgan fingerprint density at radius 1 is 1.32 bits per heavy atom. The van der Waals surface area contributed by atoms with Gasteiger partial charge in [-0.25, -0.2) is 13.8 Å². The number of ketones is 1. The molecule has 0 amide bonds. The number of thiophene rings is 1. The molecule has 3 heterocycles. The van der Waals surface area contributed by atoms with Gasteiger partial charge in [-0.05, 0) is 43.9 Å². The molecule has 0 atom stereocenters. The van der Waals surface area contributed by atoms with Crippen molar-refractivity contribution >= 4 is 27.3 Å². The Morgan fingerprint density at radius 3 is 2.71 bits per heavy atom. The fourth-order valence-electron chi connectivity index (χ4n) is 3.83. The Morgan fingerprint density at radius 2 is 2.07 bits per heavy atom. The summed E-state index contributed by atoms with van der Waals surface area (Å²) in [6.45, 7) is 2.75. The van der Waals surface area contributed by atoms with Gasteiger partial charge in [-0.15, -0.1) is 11.3 Å². The molecule has 4 rings (SSSR count). The van der Waals surface area contributed by atoms with Gasteiger partial charge in [-0.1, -0.05) is 0 Å². The maximum atomic E-state index is 13.4. The largest absolute Gasteiger partial charge is 0.481 e. The maximum absolute atomic E-state index is 13.4. The second-order valence-electron chi connectivity index (χ2n) is 7.49. The zero-order chi connectivity index (χ0) is 19.9. The highest BCUT2D eigenvalue weighted by Gasteiger charge is 2.35. The molecule has 148 valence electrons. The van der Waals surface area contributed by atoms with Gasteiger partial charge < -0.3 is 9.30 Å². The van der Waals surface area contributed by atoms with Crippen LogP contribution in [0.25, 0.3) is 10.2 Å². The van der Waals surface area contributed by atoms with E-state index in [0.29, 0.717) is 29.2 Å². The molecule has 4 nitrogen and oxygen atoms in total. The van der Waals surface area contributed by atoms with Crippen molar-refractivity contribution in [3.8, 4) is 5.88 Å². The predicted molar refractivity (Wildman–Crippen MR) is 106 cm³/mol. The summed E-state index contributed by atoms with van der Waals surface area (Å²) in [6.07, 6.45) is 2.55. The first-order valence-corrected chi connectivity index (χ1v) is 10.2. The van der Waals surface area contributed by atoms with Crippen LogP contribution < -0.4 is 4.74 Å². The highest BCUT2D eigenvalue weighted by atomic mass is 32.1. The Labute approximate surface area is 166 Å². The van der Waals surface area contributed by atoms with Crippen LogP contribution in [0, 0.1) is 12.8 Å². The normalized spacial score (nSPS) is 17.1. The Balaban J connectivity index is 1.57. The number of alkyl halides is 2. The smallest absolute Gasteiger partial charge is 0.248 e. The molecule has 28 heavy (non-hydrogen) atoms. The molecule has 0 aliphatic heterocycles. The van der Waals surface area contributed by atoms with E-state index in [2.05, 4.69) is 15.6 Å². The number of methoxy groups -OCH3 is 1. The van der Waals surface area contributed by atoms with E-state index in [0.717, 1.165) is 22.5 Å². The number of fused-ring (bicyclic) bond motifs is 1. The Hall–Kier alpha value is -2.28. The van der Waals surface area contributed by atoms with Gasteiger partial charge in [0.1, 0.15) is 4.83 Å². The summed E-state index contributed by atoms with van der Waals surface area (Å²) < 4.78 is 34.1. The molecule has 0 spiro atoms. The minimum atomic E-state index is -2.51. The summed E-state index contributed by atoms with van der Waals surface area (Å²) in [6, 6.07) is 7.35. The molecule has 1 aliphatic carbocycles. The molecule has 0 radical (unpaired) electrons. The van der Waals surface area contributed by atoms with Crippen LogP contribution in [0.2, 0.25) is 0 Å². The first-order chi connectivity index (χ1) is 13.4. The van der Waals surface area contributed by atoms with Gasteiger partial charge >= 0.3 is 0 Å². The number of rotatable bonds is 5. The standard InChI is InChI=1S/C21H22F2N2O2S/c1-13-9-16-10-17(19(26)15-3-4-18(27-2)24-11-15)28-20(16)25(13)12-14-5-7-21(22,23)8-6-14/h3-4,9-11,14H,5-8,12H2,1-2H3. The van der Waals surface area contributed by atoms with Gasteiger partial charge in [0.15, 0.2) is 0 Å². The summed E-state index contributed by atoms with van der Waals surface area (Å²) >= 11 is 1.45. The van der Waals surface area contributed by atoms with Gasteiger partial charge in [-0.3, -0.25) is 4.79 Å². The molecule has 1 aliphatic rings. The molecule has 3 aromatic rings. The van der Waals surface area contributed by atoms with Gasteiger partial charge in [0, 0.05) is 48.3 Å². The molecule has 0 bridgehead atoms. The number of hydrogen-bond donors (Lipinski definition) is 0. The van der Waals surface area contributed by atoms with Gasteiger partial charge in [0.2, 0.25) is 17.6 Å². The molecule has 0 unspecified atom stereocenters. The van der Waals surface area contributed by atoms with Crippen molar-refractivity contribution in [2.24, 2.45) is 5.92 Å². The SMILES string of the molecule is COc1ccc(C(=O)c2cc3cc(C)n(CC4CCC(F)(F)CC4)c3s2)cn1. The number of ether oxygens (including phenoxy) is 1. The second kappa shape index (κ2) is 7.28. The van der Waals surface area contributed by atoms with Crippen molar-refractivity contribution in [1.82, 2.24) is 9.55 Å². The third-order valence-corrected chi connectivity index (χ3v) is 6.66.